The Bertz CT molecular complexity index is 1320. The van der Waals surface area contributed by atoms with Crippen molar-refractivity contribution < 1.29 is 9.47 Å². The van der Waals surface area contributed by atoms with Crippen LogP contribution in [-0.4, -0.2) is 41.1 Å². The van der Waals surface area contributed by atoms with E-state index in [4.69, 9.17) is 14.5 Å². The summed E-state index contributed by atoms with van der Waals surface area (Å²) in [6.07, 6.45) is 5.47. The fourth-order valence-corrected chi connectivity index (χ4v) is 6.07. The number of piperidine rings is 3. The lowest BCUT2D eigenvalue weighted by atomic mass is 9.72. The Morgan fingerprint density at radius 3 is 2.79 bits per heavy atom. The molecule has 174 valence electrons. The highest BCUT2D eigenvalue weighted by atomic mass is 16.5. The summed E-state index contributed by atoms with van der Waals surface area (Å²) in [6, 6.07) is 20.8. The standard InChI is InChI=1S/C29H31N3O2/c1-3-19-18-32-15-13-21(19)16-27(32)29(34-28-11-8-20-6-4-5-7-25(20)31-28)23-12-14-30-26-10-9-22(33-2)17-24(23)26/h4-12,14,17,19,21,27,29H,3,13,15-16,18H2,1-2H3/t19-,21-,27+,29-/m0/s1. The van der Waals surface area contributed by atoms with Crippen molar-refractivity contribution >= 4 is 21.8 Å². The van der Waals surface area contributed by atoms with Crippen LogP contribution in [0, 0.1) is 11.8 Å². The molecule has 3 saturated heterocycles. The Hall–Kier alpha value is -3.18. The zero-order valence-electron chi connectivity index (χ0n) is 19.9. The van der Waals surface area contributed by atoms with Gasteiger partial charge >= 0.3 is 0 Å². The van der Waals surface area contributed by atoms with Crippen molar-refractivity contribution in [1.29, 1.82) is 0 Å². The average Bonchev–Trinajstić information content (AvgIpc) is 2.91. The summed E-state index contributed by atoms with van der Waals surface area (Å²) in [6.45, 7) is 4.63. The van der Waals surface area contributed by atoms with Gasteiger partial charge in [0.2, 0.25) is 5.88 Å². The largest absolute Gasteiger partial charge is 0.497 e. The maximum Gasteiger partial charge on any atom is 0.214 e. The molecule has 5 nitrogen and oxygen atoms in total. The smallest absolute Gasteiger partial charge is 0.214 e. The predicted octanol–water partition coefficient (Wildman–Crippen LogP) is 6.03. The molecular formula is C29H31N3O2. The summed E-state index contributed by atoms with van der Waals surface area (Å²) in [5.41, 5.74) is 3.07. The number of rotatable bonds is 6. The molecule has 4 aromatic rings. The first-order chi connectivity index (χ1) is 16.7. The second kappa shape index (κ2) is 8.88. The molecule has 5 atom stereocenters. The van der Waals surface area contributed by atoms with E-state index < -0.39 is 0 Å². The van der Waals surface area contributed by atoms with Crippen LogP contribution in [0.4, 0.5) is 0 Å². The Morgan fingerprint density at radius 2 is 1.97 bits per heavy atom. The zero-order valence-corrected chi connectivity index (χ0v) is 19.9. The van der Waals surface area contributed by atoms with Crippen LogP contribution in [0.15, 0.2) is 66.9 Å². The quantitative estimate of drug-likeness (QED) is 0.357. The summed E-state index contributed by atoms with van der Waals surface area (Å²) >= 11 is 0. The van der Waals surface area contributed by atoms with Crippen molar-refractivity contribution in [3.05, 3.63) is 72.4 Å². The summed E-state index contributed by atoms with van der Waals surface area (Å²) in [5.74, 6) is 3.06. The molecule has 2 aromatic heterocycles. The van der Waals surface area contributed by atoms with Gasteiger partial charge in [0.15, 0.2) is 0 Å². The van der Waals surface area contributed by atoms with Crippen molar-refractivity contribution in [3.8, 4) is 11.6 Å². The first-order valence-corrected chi connectivity index (χ1v) is 12.4. The minimum absolute atomic E-state index is 0.133. The predicted molar refractivity (Wildman–Crippen MR) is 135 cm³/mol. The number of aromatic nitrogens is 2. The SMILES string of the molecule is CC[C@H]1CN2CC[C@H]1C[C@@H]2[C@@H](Oc1ccc2ccccc2n1)c1ccnc2ccc(OC)cc12. The van der Waals surface area contributed by atoms with Gasteiger partial charge in [-0.15, -0.1) is 0 Å². The van der Waals surface area contributed by atoms with E-state index in [0.29, 0.717) is 11.9 Å². The maximum atomic E-state index is 6.83. The maximum absolute atomic E-state index is 6.83. The van der Waals surface area contributed by atoms with Crippen LogP contribution in [0.5, 0.6) is 11.6 Å². The Morgan fingerprint density at radius 1 is 1.06 bits per heavy atom. The van der Waals surface area contributed by atoms with E-state index in [1.54, 1.807) is 7.11 Å². The van der Waals surface area contributed by atoms with E-state index in [2.05, 4.69) is 41.1 Å². The van der Waals surface area contributed by atoms with Gasteiger partial charge in [-0.05, 0) is 67.6 Å². The molecule has 3 fully saturated rings. The number of nitrogens with zero attached hydrogens (tertiary/aromatic N) is 3. The molecular weight excluding hydrogens is 422 g/mol. The molecule has 3 aliphatic rings. The van der Waals surface area contributed by atoms with E-state index in [-0.39, 0.29) is 6.10 Å². The summed E-state index contributed by atoms with van der Waals surface area (Å²) in [4.78, 5) is 12.1. The number of para-hydroxylation sites is 1. The number of pyridine rings is 2. The molecule has 0 aliphatic carbocycles. The molecule has 1 unspecified atom stereocenters. The Labute approximate surface area is 200 Å². The number of hydrogen-bond acceptors (Lipinski definition) is 5. The average molecular weight is 454 g/mol. The van der Waals surface area contributed by atoms with Crippen molar-refractivity contribution in [2.45, 2.75) is 38.3 Å². The van der Waals surface area contributed by atoms with Gasteiger partial charge in [0.25, 0.3) is 0 Å². The molecule has 5 heterocycles. The van der Waals surface area contributed by atoms with Gasteiger partial charge in [-0.25, -0.2) is 4.98 Å². The highest BCUT2D eigenvalue weighted by Crippen LogP contribution is 2.44. The summed E-state index contributed by atoms with van der Waals surface area (Å²) < 4.78 is 12.4. The van der Waals surface area contributed by atoms with Crippen molar-refractivity contribution in [2.24, 2.45) is 11.8 Å². The molecule has 34 heavy (non-hydrogen) atoms. The number of benzene rings is 2. The minimum Gasteiger partial charge on any atom is -0.497 e. The lowest BCUT2D eigenvalue weighted by molar-refractivity contribution is -0.0492. The number of hydrogen-bond donors (Lipinski definition) is 0. The van der Waals surface area contributed by atoms with Gasteiger partial charge in [0.1, 0.15) is 11.9 Å². The number of fused-ring (bicyclic) bond motifs is 5. The summed E-state index contributed by atoms with van der Waals surface area (Å²) in [7, 11) is 1.71. The van der Waals surface area contributed by atoms with Crippen molar-refractivity contribution in [3.63, 3.8) is 0 Å². The Kier molecular flexibility index (Phi) is 5.58. The zero-order chi connectivity index (χ0) is 23.1. The van der Waals surface area contributed by atoms with Crippen LogP contribution >= 0.6 is 0 Å². The van der Waals surface area contributed by atoms with Crippen LogP contribution in [0.25, 0.3) is 21.8 Å². The van der Waals surface area contributed by atoms with Gasteiger partial charge < -0.3 is 9.47 Å². The lowest BCUT2D eigenvalue weighted by Crippen LogP contribution is -2.56. The number of ether oxygens (including phenoxy) is 2. The first-order valence-electron chi connectivity index (χ1n) is 12.4. The molecule has 0 N–H and O–H groups in total. The van der Waals surface area contributed by atoms with E-state index in [0.717, 1.165) is 64.5 Å². The third-order valence-electron chi connectivity index (χ3n) is 7.92. The van der Waals surface area contributed by atoms with E-state index >= 15 is 0 Å². The highest BCUT2D eigenvalue weighted by Gasteiger charge is 2.44. The van der Waals surface area contributed by atoms with Crippen LogP contribution in [-0.2, 0) is 0 Å². The van der Waals surface area contributed by atoms with E-state index in [1.165, 1.54) is 12.8 Å². The normalized spacial score (nSPS) is 24.9. The minimum atomic E-state index is -0.133. The van der Waals surface area contributed by atoms with Gasteiger partial charge in [-0.2, -0.15) is 0 Å². The summed E-state index contributed by atoms with van der Waals surface area (Å²) in [5, 5.41) is 2.21. The van der Waals surface area contributed by atoms with E-state index in [9.17, 15) is 0 Å². The van der Waals surface area contributed by atoms with Crippen molar-refractivity contribution in [1.82, 2.24) is 14.9 Å². The Balaban J connectivity index is 1.44. The molecule has 0 saturated carbocycles. The third kappa shape index (κ3) is 3.78. The molecule has 2 bridgehead atoms. The topological polar surface area (TPSA) is 47.5 Å². The molecule has 7 rings (SSSR count). The lowest BCUT2D eigenvalue weighted by Gasteiger charge is -2.51. The monoisotopic (exact) mass is 453 g/mol. The van der Waals surface area contributed by atoms with Crippen LogP contribution in [0.2, 0.25) is 0 Å². The second-order valence-electron chi connectivity index (χ2n) is 9.68. The fourth-order valence-electron chi connectivity index (χ4n) is 6.07. The molecule has 3 aliphatic heterocycles. The van der Waals surface area contributed by atoms with Gasteiger partial charge in [-0.1, -0.05) is 31.5 Å². The molecule has 0 radical (unpaired) electrons. The third-order valence-corrected chi connectivity index (χ3v) is 7.92. The van der Waals surface area contributed by atoms with Crippen LogP contribution in [0.1, 0.15) is 37.9 Å². The van der Waals surface area contributed by atoms with Crippen LogP contribution in [0.3, 0.4) is 0 Å². The molecule has 0 spiro atoms. The second-order valence-corrected chi connectivity index (χ2v) is 9.68. The number of methoxy groups -OCH3 is 1. The highest BCUT2D eigenvalue weighted by molar-refractivity contribution is 5.84. The van der Waals surface area contributed by atoms with E-state index in [1.807, 2.05) is 42.6 Å². The van der Waals surface area contributed by atoms with Crippen molar-refractivity contribution in [2.75, 3.05) is 20.2 Å². The molecule has 2 aromatic carbocycles. The van der Waals surface area contributed by atoms with Gasteiger partial charge in [-0.3, -0.25) is 9.88 Å². The fraction of sp³-hybridized carbons (Fsp3) is 0.379. The van der Waals surface area contributed by atoms with Crippen LogP contribution < -0.4 is 9.47 Å². The molecule has 5 heteroatoms. The first kappa shape index (κ1) is 21.4. The molecule has 0 amide bonds. The van der Waals surface area contributed by atoms with Gasteiger partial charge in [0, 0.05) is 35.1 Å². The van der Waals surface area contributed by atoms with Gasteiger partial charge in [0.05, 0.1) is 24.2 Å².